The molecule has 36 heavy (non-hydrogen) atoms. The van der Waals surface area contributed by atoms with E-state index < -0.39 is 23.7 Å². The summed E-state index contributed by atoms with van der Waals surface area (Å²) in [7, 11) is 1.36. The number of rotatable bonds is 8. The molecular weight excluding hydrogens is 492 g/mol. The first-order chi connectivity index (χ1) is 16.7. The van der Waals surface area contributed by atoms with E-state index in [0.717, 1.165) is 10.7 Å². The molecule has 0 fully saturated rings. The summed E-state index contributed by atoms with van der Waals surface area (Å²) in [4.78, 5) is 16.1. The number of ether oxygens (including phenoxy) is 1. The van der Waals surface area contributed by atoms with Crippen LogP contribution in [0.25, 0.3) is 11.3 Å². The second-order valence-corrected chi connectivity index (χ2v) is 8.17. The van der Waals surface area contributed by atoms with Gasteiger partial charge in [-0.05, 0) is 50.5 Å². The molecule has 0 aliphatic rings. The maximum Gasteiger partial charge on any atom is 0.435 e. The first kappa shape index (κ1) is 27.1. The number of Topliss-reactive ketones (excluding diaryl/α,β-unsaturated/α-hetero) is 1. The molecule has 0 unspecified atom stereocenters. The number of nitrogens with zero attached hydrogens (tertiary/aromatic N) is 5. The van der Waals surface area contributed by atoms with E-state index in [0.29, 0.717) is 16.8 Å². The molecule has 0 bridgehead atoms. The summed E-state index contributed by atoms with van der Waals surface area (Å²) in [6.07, 6.45) is -8.39. The van der Waals surface area contributed by atoms with E-state index in [4.69, 9.17) is 4.74 Å². The molecule has 0 radical (unpaired) electrons. The number of aromatic nitrogens is 5. The van der Waals surface area contributed by atoms with E-state index in [1.165, 1.54) is 26.2 Å². The third-order valence-electron chi connectivity index (χ3n) is 5.34. The van der Waals surface area contributed by atoms with Gasteiger partial charge in [0, 0.05) is 31.6 Å². The lowest BCUT2D eigenvalue weighted by Crippen LogP contribution is -2.14. The predicted octanol–water partition coefficient (Wildman–Crippen LogP) is 5.07. The number of pyridine rings is 1. The molecule has 0 amide bonds. The van der Waals surface area contributed by atoms with E-state index >= 15 is 0 Å². The molecular formula is C23H23F6N5O2. The van der Waals surface area contributed by atoms with Crippen LogP contribution in [0.15, 0.2) is 18.3 Å². The van der Waals surface area contributed by atoms with Crippen LogP contribution in [0.3, 0.4) is 0 Å². The number of alkyl halides is 6. The van der Waals surface area contributed by atoms with Gasteiger partial charge >= 0.3 is 12.4 Å². The Balaban J connectivity index is 1.76. The summed E-state index contributed by atoms with van der Waals surface area (Å²) in [5.41, 5.74) is -1.16. The quantitative estimate of drug-likeness (QED) is 0.390. The van der Waals surface area contributed by atoms with Crippen LogP contribution in [0.1, 0.15) is 47.1 Å². The number of halogens is 6. The van der Waals surface area contributed by atoms with Crippen LogP contribution in [-0.2, 0) is 37.0 Å². The molecule has 3 aromatic rings. The predicted molar refractivity (Wildman–Crippen MR) is 116 cm³/mol. The number of carbonyl (C=O) groups excluding carboxylic acids is 1. The molecule has 0 saturated heterocycles. The third-order valence-corrected chi connectivity index (χ3v) is 5.34. The van der Waals surface area contributed by atoms with Gasteiger partial charge in [0.2, 0.25) is 5.88 Å². The lowest BCUT2D eigenvalue weighted by Gasteiger charge is -2.15. The van der Waals surface area contributed by atoms with Gasteiger partial charge in [-0.3, -0.25) is 9.48 Å². The van der Waals surface area contributed by atoms with Crippen LogP contribution in [0.5, 0.6) is 5.88 Å². The minimum Gasteiger partial charge on any atom is -0.478 e. The normalized spacial score (nSPS) is 12.2. The van der Waals surface area contributed by atoms with Gasteiger partial charge < -0.3 is 4.74 Å². The smallest absolute Gasteiger partial charge is 0.435 e. The van der Waals surface area contributed by atoms with E-state index in [2.05, 4.69) is 20.3 Å². The molecule has 3 rings (SSSR count). The van der Waals surface area contributed by atoms with Gasteiger partial charge in [0.1, 0.15) is 11.5 Å². The van der Waals surface area contributed by atoms with Gasteiger partial charge in [-0.15, -0.1) is 5.10 Å². The molecule has 0 atom stereocenters. The fraction of sp³-hybridized carbons (Fsp3) is 0.435. The number of hydrogen-bond donors (Lipinski definition) is 0. The fourth-order valence-corrected chi connectivity index (χ4v) is 3.61. The molecule has 0 aliphatic carbocycles. The van der Waals surface area contributed by atoms with Crippen molar-refractivity contribution in [2.45, 2.75) is 52.4 Å². The van der Waals surface area contributed by atoms with Crippen LogP contribution in [-0.4, -0.2) is 37.4 Å². The van der Waals surface area contributed by atoms with Crippen molar-refractivity contribution in [3.8, 4) is 17.1 Å². The second kappa shape index (κ2) is 10.2. The number of hydrogen-bond acceptors (Lipinski definition) is 6. The van der Waals surface area contributed by atoms with E-state index in [1.807, 2.05) is 0 Å². The number of ketones is 1. The maximum atomic E-state index is 13.3. The van der Waals surface area contributed by atoms with Crippen LogP contribution < -0.4 is 4.74 Å². The Morgan fingerprint density at radius 3 is 2.33 bits per heavy atom. The molecule has 3 heterocycles. The molecule has 13 heteroatoms. The highest BCUT2D eigenvalue weighted by Crippen LogP contribution is 2.36. The van der Waals surface area contributed by atoms with Crippen LogP contribution in [0.4, 0.5) is 26.3 Å². The summed E-state index contributed by atoms with van der Waals surface area (Å²) in [6.45, 7) is 4.82. The van der Waals surface area contributed by atoms with Gasteiger partial charge in [0.15, 0.2) is 5.69 Å². The summed E-state index contributed by atoms with van der Waals surface area (Å²) in [5, 5.41) is 11.3. The standard InChI is InChI=1S/C23H23F6N5O2/c1-5-36-21-13(3)14(10-18(30-21)22(24,25)26)9-16(35)7-6-15-8-12(2)19(32-31-15)17-11-34(4)33-20(17)23(27,28)29/h8,10-11H,5-7,9H2,1-4H3. The SMILES string of the molecule is CCOc1nc(C(F)(F)F)cc(CC(=O)CCc2cc(C)c(-c3cn(C)nc3C(F)(F)F)nn2)c1C. The highest BCUT2D eigenvalue weighted by Gasteiger charge is 2.38. The van der Waals surface area contributed by atoms with Gasteiger partial charge in [0.25, 0.3) is 0 Å². The Morgan fingerprint density at radius 2 is 1.75 bits per heavy atom. The van der Waals surface area contributed by atoms with Crippen molar-refractivity contribution in [2.24, 2.45) is 7.05 Å². The zero-order valence-corrected chi connectivity index (χ0v) is 19.9. The van der Waals surface area contributed by atoms with Gasteiger partial charge in [-0.1, -0.05) is 0 Å². The van der Waals surface area contributed by atoms with Gasteiger partial charge in [-0.25, -0.2) is 4.98 Å². The largest absolute Gasteiger partial charge is 0.478 e. The van der Waals surface area contributed by atoms with Crippen molar-refractivity contribution < 1.29 is 35.9 Å². The van der Waals surface area contributed by atoms with E-state index in [1.54, 1.807) is 13.8 Å². The zero-order valence-electron chi connectivity index (χ0n) is 19.9. The first-order valence-corrected chi connectivity index (χ1v) is 10.9. The zero-order chi connectivity index (χ0) is 26.8. The van der Waals surface area contributed by atoms with Crippen LogP contribution in [0.2, 0.25) is 0 Å². The van der Waals surface area contributed by atoms with E-state index in [9.17, 15) is 31.1 Å². The second-order valence-electron chi connectivity index (χ2n) is 8.17. The van der Waals surface area contributed by atoms with Crippen LogP contribution >= 0.6 is 0 Å². The Morgan fingerprint density at radius 1 is 1.06 bits per heavy atom. The van der Waals surface area contributed by atoms with Crippen molar-refractivity contribution in [3.63, 3.8) is 0 Å². The third kappa shape index (κ3) is 6.18. The summed E-state index contributed by atoms with van der Waals surface area (Å²) >= 11 is 0. The van der Waals surface area contributed by atoms with Crippen molar-refractivity contribution in [1.82, 2.24) is 25.0 Å². The number of aryl methyl sites for hydroxylation is 3. The Hall–Kier alpha value is -3.51. The minimum atomic E-state index is -4.70. The van der Waals surface area contributed by atoms with Crippen molar-refractivity contribution in [3.05, 3.63) is 52.1 Å². The first-order valence-electron chi connectivity index (χ1n) is 10.9. The lowest BCUT2D eigenvalue weighted by atomic mass is 10.00. The molecule has 0 N–H and O–H groups in total. The average Bonchev–Trinajstić information content (AvgIpc) is 3.16. The molecule has 194 valence electrons. The average molecular weight is 515 g/mol. The fourth-order valence-electron chi connectivity index (χ4n) is 3.61. The van der Waals surface area contributed by atoms with E-state index in [-0.39, 0.29) is 54.4 Å². The number of carbonyl (C=O) groups is 1. The van der Waals surface area contributed by atoms with Gasteiger partial charge in [-0.2, -0.15) is 36.5 Å². The molecule has 0 saturated carbocycles. The summed E-state index contributed by atoms with van der Waals surface area (Å²) in [6, 6.07) is 2.36. The lowest BCUT2D eigenvalue weighted by molar-refractivity contribution is -0.142. The minimum absolute atomic E-state index is 0.0149. The maximum absolute atomic E-state index is 13.3. The van der Waals surface area contributed by atoms with Gasteiger partial charge in [0.05, 0.1) is 23.6 Å². The molecule has 3 aromatic heterocycles. The monoisotopic (exact) mass is 515 g/mol. The van der Waals surface area contributed by atoms with Crippen molar-refractivity contribution in [2.75, 3.05) is 6.61 Å². The topological polar surface area (TPSA) is 82.8 Å². The Labute approximate surface area is 202 Å². The van der Waals surface area contributed by atoms with Crippen molar-refractivity contribution >= 4 is 5.78 Å². The summed E-state index contributed by atoms with van der Waals surface area (Å²) in [5.74, 6) is -0.532. The summed E-state index contributed by atoms with van der Waals surface area (Å²) < 4.78 is 85.8. The highest BCUT2D eigenvalue weighted by molar-refractivity contribution is 5.81. The molecule has 7 nitrogen and oxygen atoms in total. The Kier molecular flexibility index (Phi) is 7.70. The molecule has 0 aliphatic heterocycles. The van der Waals surface area contributed by atoms with Crippen LogP contribution in [0, 0.1) is 13.8 Å². The molecule has 0 aromatic carbocycles. The highest BCUT2D eigenvalue weighted by atomic mass is 19.4. The Bertz CT molecular complexity index is 1270. The van der Waals surface area contributed by atoms with Crippen molar-refractivity contribution in [1.29, 1.82) is 0 Å². The molecule has 0 spiro atoms.